The van der Waals surface area contributed by atoms with Gasteiger partial charge in [-0.25, -0.2) is 0 Å². The summed E-state index contributed by atoms with van der Waals surface area (Å²) in [4.78, 5) is 0. The minimum Gasteiger partial charge on any atom is -0.455 e. The van der Waals surface area contributed by atoms with Crippen LogP contribution in [0.5, 0.6) is 0 Å². The molecule has 0 aliphatic carbocycles. The second-order valence-corrected chi connectivity index (χ2v) is 9.76. The Morgan fingerprint density at radius 1 is 0.455 bits per heavy atom. The fraction of sp³-hybridized carbons (Fsp3) is 0.0233. The molecule has 1 aromatic heterocycles. The fourth-order valence-electron chi connectivity index (χ4n) is 5.53. The summed E-state index contributed by atoms with van der Waals surface area (Å²) in [6.07, 6.45) is 0. The molecule has 0 amide bonds. The van der Waals surface area contributed by atoms with E-state index in [0.717, 1.165) is 0 Å². The molecule has 206 valence electrons. The van der Waals surface area contributed by atoms with E-state index in [1.807, 2.05) is 0 Å². The topological polar surface area (TPSA) is 13.1 Å². The van der Waals surface area contributed by atoms with Gasteiger partial charge in [0.2, 0.25) is 0 Å². The molecular weight excluding hydrogens is 532 g/mol. The molecule has 0 aliphatic heterocycles. The van der Waals surface area contributed by atoms with E-state index in [4.69, 9.17) is 27.7 Å². The number of rotatable bonds is 3. The molecule has 0 saturated heterocycles. The van der Waals surface area contributed by atoms with E-state index in [1.165, 1.54) is 6.92 Å². The molecule has 1 heterocycles. The zero-order valence-electron chi connectivity index (χ0n) is 47.4. The monoisotopic (exact) mass is 585 g/mol. The highest BCUT2D eigenvalue weighted by atomic mass is 16.3. The van der Waals surface area contributed by atoms with Gasteiger partial charge in [0.05, 0.1) is 34.3 Å². The minimum atomic E-state index is -0.992. The lowest BCUT2D eigenvalue weighted by Crippen LogP contribution is -1.93. The quantitative estimate of drug-likeness (QED) is 0.188. The van der Waals surface area contributed by atoms with Crippen LogP contribution in [-0.4, -0.2) is 0 Å². The molecule has 9 rings (SSSR count). The first-order chi connectivity index (χ1) is 32.2. The highest BCUT2D eigenvalue weighted by molar-refractivity contribution is 6.27. The third-order valence-corrected chi connectivity index (χ3v) is 7.31. The van der Waals surface area contributed by atoms with Crippen LogP contribution in [0, 0.1) is 6.92 Å². The lowest BCUT2D eigenvalue weighted by Gasteiger charge is -2.20. The molecule has 8 aromatic carbocycles. The van der Waals surface area contributed by atoms with Crippen LogP contribution in [0.3, 0.4) is 0 Å². The minimum absolute atomic E-state index is 0.199. The van der Waals surface area contributed by atoms with E-state index in [2.05, 4.69) is 0 Å². The Bertz CT molecular complexity index is 3860. The van der Waals surface area contributed by atoms with Crippen molar-refractivity contribution in [3.05, 3.63) is 157 Å². The van der Waals surface area contributed by atoms with Gasteiger partial charge in [-0.1, -0.05) is 145 Å². The second kappa shape index (κ2) is 9.69. The van der Waals surface area contributed by atoms with E-state index < -0.39 is 239 Å². The standard InChI is InChI=1S/C43H28O/c1-27-12-10-14-29(26-27)30-15-4-5-17-32(30)40-33-18-6-8-20-35(33)41(36-21-9-7-19-34(36)40)37-22-11-23-39-42(37)38-25-24-28-13-2-3-16-31(28)43(38)44-39/h2-26H,1H3/i2D,3D,4D,5D,6D,7D,8D,9D,10D,11D,12D,13D,14D,15D,16D,17D,18D,19D,20D,21D,22D,23D,24D,25D,26D. The van der Waals surface area contributed by atoms with Gasteiger partial charge < -0.3 is 4.42 Å². The molecule has 1 nitrogen and oxygen atoms in total. The second-order valence-electron chi connectivity index (χ2n) is 9.76. The Morgan fingerprint density at radius 3 is 1.75 bits per heavy atom. The summed E-state index contributed by atoms with van der Waals surface area (Å²) < 4.78 is 231. The van der Waals surface area contributed by atoms with Crippen molar-refractivity contribution in [3.63, 3.8) is 0 Å². The van der Waals surface area contributed by atoms with Gasteiger partial charge in [0.15, 0.2) is 0 Å². The predicted molar refractivity (Wildman–Crippen MR) is 187 cm³/mol. The molecule has 0 N–H and O–H groups in total. The van der Waals surface area contributed by atoms with E-state index in [0.29, 0.717) is 0 Å². The molecule has 0 spiro atoms. The van der Waals surface area contributed by atoms with Gasteiger partial charge in [-0.3, -0.25) is 0 Å². The van der Waals surface area contributed by atoms with Gasteiger partial charge >= 0.3 is 0 Å². The van der Waals surface area contributed by atoms with Crippen LogP contribution in [0.15, 0.2) is 155 Å². The van der Waals surface area contributed by atoms with Gasteiger partial charge in [0.25, 0.3) is 0 Å². The number of hydrogen-bond donors (Lipinski definition) is 0. The lowest BCUT2D eigenvalue weighted by molar-refractivity contribution is 0.673. The van der Waals surface area contributed by atoms with Gasteiger partial charge in [-0.15, -0.1) is 0 Å². The smallest absolute Gasteiger partial charge is 0.143 e. The van der Waals surface area contributed by atoms with Crippen LogP contribution in [-0.2, 0) is 0 Å². The third kappa shape index (κ3) is 3.66. The molecule has 0 bridgehead atoms. The average Bonchev–Trinajstić information content (AvgIpc) is 3.72. The summed E-state index contributed by atoms with van der Waals surface area (Å²) in [5.74, 6) is 0. The molecule has 0 saturated carbocycles. The predicted octanol–water partition coefficient (Wildman–Crippen LogP) is 12.4. The van der Waals surface area contributed by atoms with Gasteiger partial charge in [0, 0.05) is 16.2 Å². The van der Waals surface area contributed by atoms with E-state index in [-0.39, 0.29) is 5.56 Å². The zero-order chi connectivity index (χ0) is 51.0. The van der Waals surface area contributed by atoms with Crippen LogP contribution in [0.1, 0.15) is 39.8 Å². The Morgan fingerprint density at radius 2 is 1.02 bits per heavy atom. The summed E-state index contributed by atoms with van der Waals surface area (Å²) in [5.41, 5.74) is -5.48. The van der Waals surface area contributed by atoms with E-state index >= 15 is 0 Å². The van der Waals surface area contributed by atoms with Crippen molar-refractivity contribution < 1.29 is 38.7 Å². The molecule has 0 aliphatic rings. The van der Waals surface area contributed by atoms with Crippen LogP contribution in [0.2, 0.25) is 0 Å². The summed E-state index contributed by atoms with van der Waals surface area (Å²) in [6.45, 7) is 1.26. The number of fused-ring (bicyclic) bond motifs is 7. The molecule has 0 fully saturated rings. The molecule has 0 unspecified atom stereocenters. The van der Waals surface area contributed by atoms with Crippen molar-refractivity contribution in [3.8, 4) is 33.4 Å². The zero-order valence-corrected chi connectivity index (χ0v) is 22.4. The van der Waals surface area contributed by atoms with Crippen molar-refractivity contribution in [2.45, 2.75) is 6.92 Å². The average molecular weight is 586 g/mol. The Labute approximate surface area is 290 Å². The van der Waals surface area contributed by atoms with Gasteiger partial charge in [-0.2, -0.15) is 0 Å². The van der Waals surface area contributed by atoms with Crippen molar-refractivity contribution >= 4 is 54.3 Å². The summed E-state index contributed by atoms with van der Waals surface area (Å²) in [7, 11) is 0. The highest BCUT2D eigenvalue weighted by Gasteiger charge is 2.21. The van der Waals surface area contributed by atoms with Gasteiger partial charge in [0.1, 0.15) is 11.2 Å². The largest absolute Gasteiger partial charge is 0.455 e. The Kier molecular flexibility index (Phi) is 2.31. The molecular formula is C43H28O. The normalized spacial score (nSPS) is 19.7. The fourth-order valence-corrected chi connectivity index (χ4v) is 5.53. The van der Waals surface area contributed by atoms with Crippen molar-refractivity contribution in [2.24, 2.45) is 0 Å². The maximum atomic E-state index is 9.53. The number of benzene rings is 8. The number of hydrogen-bond acceptors (Lipinski definition) is 1. The van der Waals surface area contributed by atoms with Crippen molar-refractivity contribution in [1.29, 1.82) is 0 Å². The Hall–Kier alpha value is -5.66. The van der Waals surface area contributed by atoms with E-state index in [1.54, 1.807) is 0 Å². The summed E-state index contributed by atoms with van der Waals surface area (Å²) in [6, 6.07) is -21.8. The lowest BCUT2D eigenvalue weighted by atomic mass is 9.83. The van der Waals surface area contributed by atoms with Gasteiger partial charge in [-0.05, 0) is 79.3 Å². The molecule has 1 heteroatoms. The SMILES string of the molecule is [2H]c1c([2H])c(C)c([2H])c(-c2c([2H])c([2H])c([2H])c([2H])c2-c2c3c([2H])c([2H])c([2H])c([2H])c3c(-c3c([2H])c([2H])c([2H])c4oc5c6c([2H])c([2H])c([2H])c([2H])c6c([2H])c([2H])c5c34)c3c([2H])c([2H])c([2H])c([2H])c23)c1[2H]. The maximum absolute atomic E-state index is 9.53. The Balaban J connectivity index is 1.69. The van der Waals surface area contributed by atoms with Crippen LogP contribution in [0.4, 0.5) is 0 Å². The summed E-state index contributed by atoms with van der Waals surface area (Å²) in [5, 5.41) is -4.74. The first-order valence-corrected chi connectivity index (χ1v) is 13.2. The van der Waals surface area contributed by atoms with E-state index in [9.17, 15) is 11.0 Å². The third-order valence-electron chi connectivity index (χ3n) is 7.31. The first kappa shape index (κ1) is 10.5. The number of furan rings is 1. The molecule has 0 atom stereocenters. The van der Waals surface area contributed by atoms with Crippen LogP contribution >= 0.6 is 0 Å². The summed E-state index contributed by atoms with van der Waals surface area (Å²) >= 11 is 0. The highest BCUT2D eigenvalue weighted by Crippen LogP contribution is 2.48. The first-order valence-electron chi connectivity index (χ1n) is 25.7. The van der Waals surface area contributed by atoms with Crippen LogP contribution < -0.4 is 0 Å². The van der Waals surface area contributed by atoms with Crippen LogP contribution in [0.25, 0.3) is 87.6 Å². The maximum Gasteiger partial charge on any atom is 0.143 e. The van der Waals surface area contributed by atoms with Crippen molar-refractivity contribution in [1.82, 2.24) is 0 Å². The molecule has 0 radical (unpaired) electrons. The van der Waals surface area contributed by atoms with Crippen molar-refractivity contribution in [2.75, 3.05) is 0 Å². The molecule has 44 heavy (non-hydrogen) atoms. The molecule has 9 aromatic rings.